The molecule has 0 heterocycles. The first-order valence-electron chi connectivity index (χ1n) is 6.13. The third kappa shape index (κ3) is 2.61. The summed E-state index contributed by atoms with van der Waals surface area (Å²) >= 11 is 0. The van der Waals surface area contributed by atoms with Crippen LogP contribution in [0.1, 0.15) is 38.5 Å². The van der Waals surface area contributed by atoms with Crippen molar-refractivity contribution in [3.8, 4) is 0 Å². The third-order valence-corrected chi connectivity index (χ3v) is 4.02. The number of hydrogen-bond donors (Lipinski definition) is 1. The average molecular weight is 210 g/mol. The van der Waals surface area contributed by atoms with Crippen LogP contribution in [0.5, 0.6) is 0 Å². The highest BCUT2D eigenvalue weighted by molar-refractivity contribution is 5.02. The van der Waals surface area contributed by atoms with Crippen molar-refractivity contribution >= 4 is 0 Å². The molecule has 0 radical (unpaired) electrons. The Morgan fingerprint density at radius 1 is 1.40 bits per heavy atom. The predicted molar refractivity (Wildman–Crippen MR) is 67.2 cm³/mol. The van der Waals surface area contributed by atoms with E-state index in [0.717, 1.165) is 6.42 Å². The van der Waals surface area contributed by atoms with Gasteiger partial charge in [0.15, 0.2) is 0 Å². The molecule has 0 bridgehead atoms. The van der Waals surface area contributed by atoms with Gasteiger partial charge >= 0.3 is 0 Å². The number of hydrogen-bond acceptors (Lipinski definition) is 2. The minimum Gasteiger partial charge on any atom is -0.315 e. The number of rotatable bonds is 6. The van der Waals surface area contributed by atoms with Gasteiger partial charge in [0.1, 0.15) is 0 Å². The average Bonchev–Trinajstić information content (AvgIpc) is 2.69. The molecule has 1 rings (SSSR count). The molecule has 1 unspecified atom stereocenters. The molecule has 2 nitrogen and oxygen atoms in total. The van der Waals surface area contributed by atoms with Crippen LogP contribution in [-0.2, 0) is 0 Å². The van der Waals surface area contributed by atoms with Crippen LogP contribution in [0.15, 0.2) is 12.7 Å². The van der Waals surface area contributed by atoms with Gasteiger partial charge in [-0.05, 0) is 46.8 Å². The SMILES string of the molecule is C=CCCC(NC)C1(N(C)C)CCCC1. The molecule has 1 aliphatic carbocycles. The van der Waals surface area contributed by atoms with E-state index in [1.807, 2.05) is 6.08 Å². The maximum Gasteiger partial charge on any atom is 0.0356 e. The Hall–Kier alpha value is -0.340. The molecular weight excluding hydrogens is 184 g/mol. The molecule has 1 atom stereocenters. The number of allylic oxidation sites excluding steroid dienone is 1. The minimum absolute atomic E-state index is 0.387. The topological polar surface area (TPSA) is 15.3 Å². The summed E-state index contributed by atoms with van der Waals surface area (Å²) in [6.07, 6.45) is 9.78. The summed E-state index contributed by atoms with van der Waals surface area (Å²) in [7, 11) is 6.55. The second-order valence-electron chi connectivity index (χ2n) is 4.91. The standard InChI is InChI=1S/C13H26N2/c1-5-6-9-12(14-2)13(15(3)4)10-7-8-11-13/h5,12,14H,1,6-11H2,2-4H3. The summed E-state index contributed by atoms with van der Waals surface area (Å²) in [5.41, 5.74) is 0.387. The van der Waals surface area contributed by atoms with Crippen molar-refractivity contribution in [3.63, 3.8) is 0 Å². The zero-order valence-corrected chi connectivity index (χ0v) is 10.6. The van der Waals surface area contributed by atoms with Crippen molar-refractivity contribution in [2.24, 2.45) is 0 Å². The molecule has 1 aliphatic rings. The van der Waals surface area contributed by atoms with E-state index in [1.54, 1.807) is 0 Å². The van der Waals surface area contributed by atoms with Crippen molar-refractivity contribution < 1.29 is 0 Å². The summed E-state index contributed by atoms with van der Waals surface area (Å²) in [6, 6.07) is 0.605. The zero-order valence-electron chi connectivity index (χ0n) is 10.6. The van der Waals surface area contributed by atoms with Gasteiger partial charge in [0, 0.05) is 11.6 Å². The quantitative estimate of drug-likeness (QED) is 0.677. The first-order chi connectivity index (χ1) is 7.17. The second kappa shape index (κ2) is 5.66. The molecule has 88 valence electrons. The highest BCUT2D eigenvalue weighted by Crippen LogP contribution is 2.38. The number of likely N-dealkylation sites (N-methyl/N-ethyl adjacent to an activating group) is 2. The van der Waals surface area contributed by atoms with Crippen LogP contribution in [0.25, 0.3) is 0 Å². The van der Waals surface area contributed by atoms with E-state index in [9.17, 15) is 0 Å². The lowest BCUT2D eigenvalue weighted by Crippen LogP contribution is -2.56. The fraction of sp³-hybridized carbons (Fsp3) is 0.846. The molecule has 0 amide bonds. The normalized spacial score (nSPS) is 21.9. The molecule has 0 aromatic rings. The highest BCUT2D eigenvalue weighted by atomic mass is 15.2. The van der Waals surface area contributed by atoms with Gasteiger partial charge in [-0.2, -0.15) is 0 Å². The molecule has 0 aromatic heterocycles. The van der Waals surface area contributed by atoms with Gasteiger partial charge < -0.3 is 10.2 Å². The molecule has 15 heavy (non-hydrogen) atoms. The largest absolute Gasteiger partial charge is 0.315 e. The van der Waals surface area contributed by atoms with Gasteiger partial charge in [0.2, 0.25) is 0 Å². The Balaban J connectivity index is 2.71. The van der Waals surface area contributed by atoms with E-state index in [1.165, 1.54) is 32.1 Å². The maximum absolute atomic E-state index is 3.82. The van der Waals surface area contributed by atoms with Gasteiger partial charge in [-0.25, -0.2) is 0 Å². The molecule has 0 aromatic carbocycles. The Morgan fingerprint density at radius 3 is 2.40 bits per heavy atom. The van der Waals surface area contributed by atoms with Crippen LogP contribution in [0, 0.1) is 0 Å². The molecule has 0 spiro atoms. The van der Waals surface area contributed by atoms with Gasteiger partial charge in [0.25, 0.3) is 0 Å². The number of nitrogens with zero attached hydrogens (tertiary/aromatic N) is 1. The van der Waals surface area contributed by atoms with E-state index in [-0.39, 0.29) is 0 Å². The first-order valence-corrected chi connectivity index (χ1v) is 6.13. The van der Waals surface area contributed by atoms with Crippen molar-refractivity contribution in [1.82, 2.24) is 10.2 Å². The van der Waals surface area contributed by atoms with Crippen LogP contribution in [0.2, 0.25) is 0 Å². The Bertz CT molecular complexity index is 193. The smallest absolute Gasteiger partial charge is 0.0356 e. The summed E-state index contributed by atoms with van der Waals surface area (Å²) in [6.45, 7) is 3.82. The van der Waals surface area contributed by atoms with Crippen molar-refractivity contribution in [2.75, 3.05) is 21.1 Å². The summed E-state index contributed by atoms with van der Waals surface area (Å²) in [4.78, 5) is 2.43. The van der Waals surface area contributed by atoms with Crippen molar-refractivity contribution in [2.45, 2.75) is 50.1 Å². The summed E-state index contributed by atoms with van der Waals surface area (Å²) in [5.74, 6) is 0. The fourth-order valence-corrected chi connectivity index (χ4v) is 3.06. The Kier molecular flexibility index (Phi) is 4.81. The highest BCUT2D eigenvalue weighted by Gasteiger charge is 2.41. The van der Waals surface area contributed by atoms with Gasteiger partial charge in [-0.15, -0.1) is 6.58 Å². The van der Waals surface area contributed by atoms with Crippen LogP contribution >= 0.6 is 0 Å². The molecule has 2 heteroatoms. The van der Waals surface area contributed by atoms with E-state index < -0.39 is 0 Å². The minimum atomic E-state index is 0.387. The van der Waals surface area contributed by atoms with Gasteiger partial charge in [-0.3, -0.25) is 0 Å². The molecule has 0 saturated heterocycles. The monoisotopic (exact) mass is 210 g/mol. The van der Waals surface area contributed by atoms with Gasteiger partial charge in [0.05, 0.1) is 0 Å². The van der Waals surface area contributed by atoms with Crippen LogP contribution in [0.3, 0.4) is 0 Å². The summed E-state index contributed by atoms with van der Waals surface area (Å²) < 4.78 is 0. The lowest BCUT2D eigenvalue weighted by molar-refractivity contribution is 0.104. The lowest BCUT2D eigenvalue weighted by Gasteiger charge is -2.43. The van der Waals surface area contributed by atoms with Crippen molar-refractivity contribution in [3.05, 3.63) is 12.7 Å². The molecular formula is C13H26N2. The van der Waals surface area contributed by atoms with E-state index in [4.69, 9.17) is 0 Å². The van der Waals surface area contributed by atoms with Gasteiger partial charge in [-0.1, -0.05) is 18.9 Å². The lowest BCUT2D eigenvalue weighted by atomic mass is 9.84. The number of nitrogens with one attached hydrogen (secondary N) is 1. The molecule has 1 fully saturated rings. The summed E-state index contributed by atoms with van der Waals surface area (Å²) in [5, 5.41) is 3.51. The van der Waals surface area contributed by atoms with Crippen LogP contribution < -0.4 is 5.32 Å². The molecule has 1 saturated carbocycles. The molecule has 1 N–H and O–H groups in total. The van der Waals surface area contributed by atoms with E-state index >= 15 is 0 Å². The van der Waals surface area contributed by atoms with Crippen LogP contribution in [0.4, 0.5) is 0 Å². The van der Waals surface area contributed by atoms with Crippen LogP contribution in [-0.4, -0.2) is 37.6 Å². The fourth-order valence-electron chi connectivity index (χ4n) is 3.06. The van der Waals surface area contributed by atoms with Crippen molar-refractivity contribution in [1.29, 1.82) is 0 Å². The maximum atomic E-state index is 3.82. The third-order valence-electron chi connectivity index (χ3n) is 4.02. The Labute approximate surface area is 94.7 Å². The zero-order chi connectivity index (χ0) is 11.3. The second-order valence-corrected chi connectivity index (χ2v) is 4.91. The predicted octanol–water partition coefficient (Wildman–Crippen LogP) is 2.42. The van der Waals surface area contributed by atoms with E-state index in [0.29, 0.717) is 11.6 Å². The van der Waals surface area contributed by atoms with E-state index in [2.05, 4.69) is 37.9 Å². The Morgan fingerprint density at radius 2 is 2.00 bits per heavy atom. The first kappa shape index (κ1) is 12.7. The molecule has 0 aliphatic heterocycles.